The molecular weight excluding hydrogens is 166 g/mol. The van der Waals surface area contributed by atoms with Gasteiger partial charge in [-0.1, -0.05) is 0 Å². The Kier molecular flexibility index (Phi) is 2.00. The van der Waals surface area contributed by atoms with E-state index >= 15 is 0 Å². The summed E-state index contributed by atoms with van der Waals surface area (Å²) in [5.41, 5.74) is 6.51. The Morgan fingerprint density at radius 3 is 2.85 bits per heavy atom. The van der Waals surface area contributed by atoms with Gasteiger partial charge in [-0.3, -0.25) is 4.90 Å². The highest BCUT2D eigenvalue weighted by Gasteiger charge is 2.27. The van der Waals surface area contributed by atoms with Crippen LogP contribution in [0.25, 0.3) is 0 Å². The number of hydrogen-bond acceptors (Lipinski definition) is 4. The highest BCUT2D eigenvalue weighted by molar-refractivity contribution is 5.22. The van der Waals surface area contributed by atoms with E-state index < -0.39 is 0 Å². The van der Waals surface area contributed by atoms with Crippen LogP contribution in [0.2, 0.25) is 0 Å². The van der Waals surface area contributed by atoms with Gasteiger partial charge in [0.25, 0.3) is 6.01 Å². The summed E-state index contributed by atoms with van der Waals surface area (Å²) >= 11 is 0. The highest BCUT2D eigenvalue weighted by atomic mass is 16.4. The Bertz CT molecular complexity index is 308. The molecule has 1 aliphatic heterocycles. The molecule has 1 fully saturated rings. The Morgan fingerprint density at radius 1 is 1.62 bits per heavy atom. The van der Waals surface area contributed by atoms with E-state index in [1.165, 1.54) is 6.42 Å². The summed E-state index contributed by atoms with van der Waals surface area (Å²) in [6, 6.07) is 0.689. The van der Waals surface area contributed by atoms with Crippen molar-refractivity contribution in [2.45, 2.75) is 25.8 Å². The average molecular weight is 181 g/mol. The third-order valence-corrected chi connectivity index (χ3v) is 2.69. The van der Waals surface area contributed by atoms with Gasteiger partial charge in [-0.2, -0.15) is 4.98 Å². The molecule has 4 nitrogen and oxygen atoms in total. The number of aryl methyl sites for hydroxylation is 1. The summed E-state index contributed by atoms with van der Waals surface area (Å²) in [5, 5.41) is 0. The summed E-state index contributed by atoms with van der Waals surface area (Å²) < 4.78 is 5.22. The van der Waals surface area contributed by atoms with Crippen molar-refractivity contribution in [2.24, 2.45) is 0 Å². The molecule has 13 heavy (non-hydrogen) atoms. The second-order valence-corrected chi connectivity index (χ2v) is 3.63. The molecular formula is C9H15N3O. The summed E-state index contributed by atoms with van der Waals surface area (Å²) in [6.45, 7) is 3.06. The van der Waals surface area contributed by atoms with Crippen LogP contribution in [-0.4, -0.2) is 23.5 Å². The molecule has 2 N–H and O–H groups in total. The molecule has 1 atom stereocenters. The van der Waals surface area contributed by atoms with Gasteiger partial charge in [0.1, 0.15) is 11.5 Å². The lowest BCUT2D eigenvalue weighted by Crippen LogP contribution is -2.18. The zero-order valence-electron chi connectivity index (χ0n) is 8.08. The van der Waals surface area contributed by atoms with Crippen molar-refractivity contribution in [1.82, 2.24) is 9.88 Å². The molecule has 1 aromatic heterocycles. The summed E-state index contributed by atoms with van der Waals surface area (Å²) in [5.74, 6) is 0.858. The summed E-state index contributed by atoms with van der Waals surface area (Å²) in [7, 11) is 2.11. The predicted octanol–water partition coefficient (Wildman–Crippen LogP) is 1.33. The van der Waals surface area contributed by atoms with Gasteiger partial charge >= 0.3 is 0 Å². The molecule has 1 aromatic rings. The second-order valence-electron chi connectivity index (χ2n) is 3.63. The van der Waals surface area contributed by atoms with Crippen LogP contribution in [0.5, 0.6) is 0 Å². The first-order valence-corrected chi connectivity index (χ1v) is 4.61. The third-order valence-electron chi connectivity index (χ3n) is 2.69. The first-order valence-electron chi connectivity index (χ1n) is 4.61. The first-order chi connectivity index (χ1) is 6.18. The zero-order chi connectivity index (χ0) is 9.42. The Balaban J connectivity index is 2.28. The number of nitrogens with zero attached hydrogens (tertiary/aromatic N) is 2. The predicted molar refractivity (Wildman–Crippen MR) is 50.3 cm³/mol. The molecule has 0 spiro atoms. The average Bonchev–Trinajstić information content (AvgIpc) is 2.58. The van der Waals surface area contributed by atoms with E-state index in [-0.39, 0.29) is 6.01 Å². The second kappa shape index (κ2) is 3.03. The minimum Gasteiger partial charge on any atom is -0.429 e. The molecule has 0 radical (unpaired) electrons. The zero-order valence-corrected chi connectivity index (χ0v) is 8.08. The van der Waals surface area contributed by atoms with E-state index in [4.69, 9.17) is 10.2 Å². The molecule has 1 saturated heterocycles. The van der Waals surface area contributed by atoms with E-state index in [0.717, 1.165) is 24.4 Å². The van der Waals surface area contributed by atoms with Crippen molar-refractivity contribution in [3.8, 4) is 0 Å². The van der Waals surface area contributed by atoms with Crippen molar-refractivity contribution < 1.29 is 4.42 Å². The number of nitrogens with two attached hydrogens (primary N) is 1. The molecule has 1 unspecified atom stereocenters. The molecule has 1 aliphatic rings. The summed E-state index contributed by atoms with van der Waals surface area (Å²) in [6.07, 6.45) is 2.39. The van der Waals surface area contributed by atoms with E-state index in [1.54, 1.807) is 0 Å². The third kappa shape index (κ3) is 1.42. The van der Waals surface area contributed by atoms with Crippen molar-refractivity contribution in [3.63, 3.8) is 0 Å². The number of anilines is 1. The molecule has 4 heteroatoms. The van der Waals surface area contributed by atoms with Crippen LogP contribution in [-0.2, 0) is 0 Å². The fraction of sp³-hybridized carbons (Fsp3) is 0.667. The number of aromatic nitrogens is 1. The van der Waals surface area contributed by atoms with Gasteiger partial charge in [0.05, 0.1) is 6.04 Å². The quantitative estimate of drug-likeness (QED) is 0.710. The number of oxazole rings is 1. The monoisotopic (exact) mass is 181 g/mol. The fourth-order valence-corrected chi connectivity index (χ4v) is 1.99. The Labute approximate surface area is 77.7 Å². The normalized spacial score (nSPS) is 24.0. The van der Waals surface area contributed by atoms with E-state index in [0.29, 0.717) is 6.04 Å². The van der Waals surface area contributed by atoms with Crippen LogP contribution < -0.4 is 5.73 Å². The van der Waals surface area contributed by atoms with Crippen LogP contribution in [0.3, 0.4) is 0 Å². The lowest BCUT2D eigenvalue weighted by molar-refractivity contribution is 0.309. The van der Waals surface area contributed by atoms with Crippen LogP contribution >= 0.6 is 0 Å². The fourth-order valence-electron chi connectivity index (χ4n) is 1.99. The van der Waals surface area contributed by atoms with E-state index in [1.807, 2.05) is 6.92 Å². The molecule has 2 rings (SSSR count). The number of nitrogen functional groups attached to an aromatic ring is 1. The van der Waals surface area contributed by atoms with Gasteiger partial charge in [-0.25, -0.2) is 0 Å². The first kappa shape index (κ1) is 8.56. The summed E-state index contributed by atoms with van der Waals surface area (Å²) in [4.78, 5) is 6.51. The number of hydrogen-bond donors (Lipinski definition) is 1. The number of likely N-dealkylation sites (tertiary alicyclic amines) is 1. The molecule has 72 valence electrons. The molecule has 0 aromatic carbocycles. The lowest BCUT2D eigenvalue weighted by atomic mass is 10.1. The van der Waals surface area contributed by atoms with Gasteiger partial charge in [-0.05, 0) is 33.4 Å². The standard InChI is InChI=1S/C9H15N3O/c1-6-8(11-9(10)13-6)7-4-3-5-12(7)2/h7H,3-5H2,1-2H3,(H2,10,11). The topological polar surface area (TPSA) is 55.3 Å². The van der Waals surface area contributed by atoms with Gasteiger partial charge in [0.15, 0.2) is 0 Å². The molecule has 0 aliphatic carbocycles. The van der Waals surface area contributed by atoms with Crippen LogP contribution in [0.1, 0.15) is 30.3 Å². The maximum atomic E-state index is 5.50. The van der Waals surface area contributed by atoms with E-state index in [9.17, 15) is 0 Å². The lowest BCUT2D eigenvalue weighted by Gasteiger charge is -2.16. The van der Waals surface area contributed by atoms with Crippen molar-refractivity contribution >= 4 is 6.01 Å². The minimum absolute atomic E-state index is 0.285. The molecule has 0 saturated carbocycles. The van der Waals surface area contributed by atoms with E-state index in [2.05, 4.69) is 16.9 Å². The van der Waals surface area contributed by atoms with Crippen molar-refractivity contribution in [1.29, 1.82) is 0 Å². The van der Waals surface area contributed by atoms with Gasteiger partial charge in [-0.15, -0.1) is 0 Å². The molecule has 0 amide bonds. The molecule has 0 bridgehead atoms. The highest BCUT2D eigenvalue weighted by Crippen LogP contribution is 2.32. The van der Waals surface area contributed by atoms with Gasteiger partial charge in [0, 0.05) is 0 Å². The van der Waals surface area contributed by atoms with Crippen LogP contribution in [0.4, 0.5) is 6.01 Å². The molecule has 2 heterocycles. The Hall–Kier alpha value is -1.03. The smallest absolute Gasteiger partial charge is 0.292 e. The van der Waals surface area contributed by atoms with Crippen LogP contribution in [0, 0.1) is 6.92 Å². The van der Waals surface area contributed by atoms with Crippen molar-refractivity contribution in [3.05, 3.63) is 11.5 Å². The Morgan fingerprint density at radius 2 is 2.38 bits per heavy atom. The van der Waals surface area contributed by atoms with Gasteiger partial charge < -0.3 is 10.2 Å². The van der Waals surface area contributed by atoms with Crippen LogP contribution in [0.15, 0.2) is 4.42 Å². The maximum Gasteiger partial charge on any atom is 0.292 e. The van der Waals surface area contributed by atoms with Gasteiger partial charge in [0.2, 0.25) is 0 Å². The number of rotatable bonds is 1. The largest absolute Gasteiger partial charge is 0.429 e. The minimum atomic E-state index is 0.285. The van der Waals surface area contributed by atoms with Crippen molar-refractivity contribution in [2.75, 3.05) is 19.3 Å². The maximum absolute atomic E-state index is 5.50. The SMILES string of the molecule is Cc1oc(N)nc1C1CCCN1C.